The minimum Gasteiger partial charge on any atom is -0.359 e. The van der Waals surface area contributed by atoms with Crippen molar-refractivity contribution in [3.05, 3.63) is 22.4 Å². The molecule has 0 aromatic carbocycles. The Morgan fingerprint density at radius 1 is 1.56 bits per heavy atom. The summed E-state index contributed by atoms with van der Waals surface area (Å²) in [6.45, 7) is 2.15. The van der Waals surface area contributed by atoms with Gasteiger partial charge in [0.15, 0.2) is 5.44 Å². The summed E-state index contributed by atoms with van der Waals surface area (Å²) in [5, 5.41) is 3.95. The van der Waals surface area contributed by atoms with Crippen LogP contribution >= 0.6 is 11.3 Å². The topological polar surface area (TPSA) is 63.6 Å². The van der Waals surface area contributed by atoms with Gasteiger partial charge in [0.25, 0.3) is 10.1 Å². The van der Waals surface area contributed by atoms with E-state index in [0.29, 0.717) is 25.9 Å². The van der Waals surface area contributed by atoms with Crippen LogP contribution in [-0.4, -0.2) is 25.0 Å². The molecule has 0 aliphatic carbocycles. The summed E-state index contributed by atoms with van der Waals surface area (Å²) >= 11 is 1.59. The van der Waals surface area contributed by atoms with Gasteiger partial charge >= 0.3 is 0 Å². The maximum absolute atomic E-state index is 10.9. The van der Waals surface area contributed by atoms with Crippen LogP contribution in [0.3, 0.4) is 0 Å². The molecule has 1 rings (SSSR count). The zero-order chi connectivity index (χ0) is 12.0. The van der Waals surface area contributed by atoms with Gasteiger partial charge in [-0.2, -0.15) is 19.8 Å². The molecule has 0 saturated heterocycles. The second kappa shape index (κ2) is 6.34. The van der Waals surface area contributed by atoms with Crippen LogP contribution in [0.2, 0.25) is 0 Å². The van der Waals surface area contributed by atoms with Crippen LogP contribution in [0.4, 0.5) is 0 Å². The Hall–Kier alpha value is -0.430. The second-order valence-corrected chi connectivity index (χ2v) is 5.82. The van der Waals surface area contributed by atoms with Crippen LogP contribution in [0.25, 0.3) is 0 Å². The van der Waals surface area contributed by atoms with Crippen LogP contribution in [0.1, 0.15) is 25.3 Å². The van der Waals surface area contributed by atoms with Crippen LogP contribution in [0.5, 0.6) is 0 Å². The molecule has 6 heteroatoms. The normalized spacial score (nSPS) is 13.9. The van der Waals surface area contributed by atoms with E-state index >= 15 is 0 Å². The van der Waals surface area contributed by atoms with Gasteiger partial charge in [-0.25, -0.2) is 0 Å². The Balaban J connectivity index is 2.39. The van der Waals surface area contributed by atoms with E-state index in [1.807, 2.05) is 23.8 Å². The van der Waals surface area contributed by atoms with Crippen molar-refractivity contribution in [1.82, 2.24) is 0 Å². The van der Waals surface area contributed by atoms with Crippen LogP contribution in [0.15, 0.2) is 16.8 Å². The standard InChI is InChI=1S/C10H16O4S2/c1-2-3-10(16(11,12)13)14-6-4-9-5-7-15-8-9/h5,7-8,10H,2-4,6H2,1H3,(H,11,12,13). The smallest absolute Gasteiger partial charge is 0.292 e. The number of rotatable bonds is 7. The molecule has 0 bridgehead atoms. The third-order valence-corrected chi connectivity index (χ3v) is 3.90. The maximum Gasteiger partial charge on any atom is 0.292 e. The van der Waals surface area contributed by atoms with Crippen LogP contribution in [-0.2, 0) is 21.3 Å². The average Bonchev–Trinajstić information content (AvgIpc) is 2.67. The predicted molar refractivity (Wildman–Crippen MR) is 64.2 cm³/mol. The second-order valence-electron chi connectivity index (χ2n) is 3.49. The highest BCUT2D eigenvalue weighted by atomic mass is 32.2. The third-order valence-electron chi connectivity index (χ3n) is 2.13. The highest BCUT2D eigenvalue weighted by molar-refractivity contribution is 7.86. The quantitative estimate of drug-likeness (QED) is 0.768. The van der Waals surface area contributed by atoms with Gasteiger partial charge in [0.2, 0.25) is 0 Å². The summed E-state index contributed by atoms with van der Waals surface area (Å²) in [6, 6.07) is 1.97. The Labute approximate surface area is 100 Å². The lowest BCUT2D eigenvalue weighted by Gasteiger charge is -2.13. The molecule has 0 saturated carbocycles. The van der Waals surface area contributed by atoms with Crippen molar-refractivity contribution in [2.24, 2.45) is 0 Å². The van der Waals surface area contributed by atoms with Crippen molar-refractivity contribution >= 4 is 21.5 Å². The Bertz CT molecular complexity index is 383. The molecule has 0 radical (unpaired) electrons. The number of thiophene rings is 1. The first-order chi connectivity index (χ1) is 7.54. The first-order valence-corrected chi connectivity index (χ1v) is 7.57. The lowest BCUT2D eigenvalue weighted by molar-refractivity contribution is 0.0953. The van der Waals surface area contributed by atoms with Crippen molar-refractivity contribution < 1.29 is 17.7 Å². The van der Waals surface area contributed by atoms with E-state index in [9.17, 15) is 8.42 Å². The van der Waals surface area contributed by atoms with Crippen molar-refractivity contribution in [3.63, 3.8) is 0 Å². The summed E-state index contributed by atoms with van der Waals surface area (Å²) in [4.78, 5) is 0. The molecule has 92 valence electrons. The molecule has 1 atom stereocenters. The van der Waals surface area contributed by atoms with E-state index < -0.39 is 15.6 Å². The first kappa shape index (κ1) is 13.6. The molecular weight excluding hydrogens is 248 g/mol. The van der Waals surface area contributed by atoms with Gasteiger partial charge in [-0.1, -0.05) is 13.3 Å². The van der Waals surface area contributed by atoms with Gasteiger partial charge in [0.05, 0.1) is 6.61 Å². The molecule has 0 amide bonds. The summed E-state index contributed by atoms with van der Waals surface area (Å²) in [6.07, 6.45) is 1.64. The molecule has 1 N–H and O–H groups in total. The molecule has 0 spiro atoms. The fraction of sp³-hybridized carbons (Fsp3) is 0.600. The highest BCUT2D eigenvalue weighted by Gasteiger charge is 2.22. The minimum absolute atomic E-state index is 0.307. The third kappa shape index (κ3) is 4.61. The molecule has 1 aromatic rings. The van der Waals surface area contributed by atoms with E-state index in [1.165, 1.54) is 0 Å². The fourth-order valence-corrected chi connectivity index (χ4v) is 2.80. The molecule has 4 nitrogen and oxygen atoms in total. The van der Waals surface area contributed by atoms with E-state index in [4.69, 9.17) is 9.29 Å². The zero-order valence-electron chi connectivity index (χ0n) is 9.13. The van der Waals surface area contributed by atoms with E-state index in [1.54, 1.807) is 11.3 Å². The molecule has 0 aliphatic heterocycles. The van der Waals surface area contributed by atoms with Gasteiger partial charge < -0.3 is 4.74 Å². The Morgan fingerprint density at radius 3 is 2.81 bits per heavy atom. The summed E-state index contributed by atoms with van der Waals surface area (Å²) < 4.78 is 36.0. The van der Waals surface area contributed by atoms with Gasteiger partial charge in [0, 0.05) is 0 Å². The number of hydrogen-bond donors (Lipinski definition) is 1. The lowest BCUT2D eigenvalue weighted by Crippen LogP contribution is -2.24. The Kier molecular flexibility index (Phi) is 5.40. The molecular formula is C10H16O4S2. The monoisotopic (exact) mass is 264 g/mol. The van der Waals surface area contributed by atoms with Crippen molar-refractivity contribution in [2.75, 3.05) is 6.61 Å². The van der Waals surface area contributed by atoms with E-state index in [2.05, 4.69) is 0 Å². The van der Waals surface area contributed by atoms with Gasteiger partial charge in [-0.15, -0.1) is 0 Å². The summed E-state index contributed by atoms with van der Waals surface area (Å²) in [5.74, 6) is 0. The predicted octanol–water partition coefficient (Wildman–Crippen LogP) is 2.32. The maximum atomic E-state index is 10.9. The van der Waals surface area contributed by atoms with Gasteiger partial charge in [0.1, 0.15) is 0 Å². The minimum atomic E-state index is -4.09. The molecule has 1 unspecified atom stereocenters. The SMILES string of the molecule is CCCC(OCCc1ccsc1)S(=O)(=O)O. The lowest BCUT2D eigenvalue weighted by atomic mass is 10.2. The zero-order valence-corrected chi connectivity index (χ0v) is 10.8. The fourth-order valence-electron chi connectivity index (χ4n) is 1.30. The van der Waals surface area contributed by atoms with Crippen molar-refractivity contribution in [1.29, 1.82) is 0 Å². The largest absolute Gasteiger partial charge is 0.359 e. The molecule has 1 heterocycles. The van der Waals surface area contributed by atoms with Gasteiger partial charge in [-0.3, -0.25) is 4.55 Å². The first-order valence-electron chi connectivity index (χ1n) is 5.13. The average molecular weight is 264 g/mol. The summed E-state index contributed by atoms with van der Waals surface area (Å²) in [7, 11) is -4.09. The molecule has 16 heavy (non-hydrogen) atoms. The van der Waals surface area contributed by atoms with Gasteiger partial charge in [-0.05, 0) is 35.2 Å². The highest BCUT2D eigenvalue weighted by Crippen LogP contribution is 2.11. The van der Waals surface area contributed by atoms with E-state index in [0.717, 1.165) is 5.56 Å². The molecule has 0 fully saturated rings. The van der Waals surface area contributed by atoms with Crippen LogP contribution < -0.4 is 0 Å². The number of hydrogen-bond acceptors (Lipinski definition) is 4. The molecule has 1 aromatic heterocycles. The molecule has 0 aliphatic rings. The van der Waals surface area contributed by atoms with Crippen molar-refractivity contribution in [3.8, 4) is 0 Å². The number of ether oxygens (including phenoxy) is 1. The van der Waals surface area contributed by atoms with E-state index in [-0.39, 0.29) is 0 Å². The summed E-state index contributed by atoms with van der Waals surface area (Å²) in [5.41, 5.74) is 0.0340. The van der Waals surface area contributed by atoms with Crippen LogP contribution in [0, 0.1) is 0 Å². The van der Waals surface area contributed by atoms with Crippen molar-refractivity contribution in [2.45, 2.75) is 31.6 Å². The Morgan fingerprint density at radius 2 is 2.31 bits per heavy atom.